The van der Waals surface area contributed by atoms with E-state index in [1.165, 1.54) is 4.90 Å². The molecule has 0 radical (unpaired) electrons. The number of thioether (sulfide) groups is 1. The molecule has 0 aliphatic carbocycles. The van der Waals surface area contributed by atoms with Crippen molar-refractivity contribution < 1.29 is 4.79 Å². The molecule has 1 aliphatic rings. The number of nitrogens with one attached hydrogen (secondary N) is 1. The molecule has 3 heteroatoms. The Kier molecular flexibility index (Phi) is 3.31. The Morgan fingerprint density at radius 3 is 3.00 bits per heavy atom. The summed E-state index contributed by atoms with van der Waals surface area (Å²) in [6.07, 6.45) is 3.24. The van der Waals surface area contributed by atoms with E-state index in [1.54, 1.807) is 11.8 Å². The van der Waals surface area contributed by atoms with Crippen LogP contribution in [0.4, 0.5) is 5.69 Å². The Bertz CT molecular complexity index is 364. The summed E-state index contributed by atoms with van der Waals surface area (Å²) in [5.74, 6) is 0.159. The van der Waals surface area contributed by atoms with Crippen LogP contribution in [0.1, 0.15) is 26.2 Å². The Balaban J connectivity index is 2.11. The van der Waals surface area contributed by atoms with Crippen molar-refractivity contribution in [2.45, 2.75) is 36.3 Å². The van der Waals surface area contributed by atoms with Gasteiger partial charge >= 0.3 is 0 Å². The number of hydrogen-bond acceptors (Lipinski definition) is 2. The number of hydrogen-bond donors (Lipinski definition) is 1. The minimum Gasteiger partial charge on any atom is -0.324 e. The van der Waals surface area contributed by atoms with Crippen molar-refractivity contribution in [3.8, 4) is 0 Å². The van der Waals surface area contributed by atoms with Gasteiger partial charge in [-0.15, -0.1) is 11.8 Å². The van der Waals surface area contributed by atoms with Gasteiger partial charge in [-0.3, -0.25) is 4.79 Å². The van der Waals surface area contributed by atoms with E-state index >= 15 is 0 Å². The van der Waals surface area contributed by atoms with E-state index in [1.807, 2.05) is 18.2 Å². The number of rotatable bonds is 3. The summed E-state index contributed by atoms with van der Waals surface area (Å²) in [4.78, 5) is 12.9. The lowest BCUT2D eigenvalue weighted by molar-refractivity contribution is -0.115. The van der Waals surface area contributed by atoms with Gasteiger partial charge < -0.3 is 5.32 Å². The monoisotopic (exact) mass is 221 g/mol. The van der Waals surface area contributed by atoms with Crippen LogP contribution in [-0.2, 0) is 4.79 Å². The van der Waals surface area contributed by atoms with Crippen LogP contribution >= 0.6 is 11.8 Å². The van der Waals surface area contributed by atoms with Gasteiger partial charge in [-0.25, -0.2) is 0 Å². The number of unbranched alkanes of at least 4 members (excludes halogenated alkanes) is 1. The van der Waals surface area contributed by atoms with E-state index in [-0.39, 0.29) is 11.2 Å². The number of benzene rings is 1. The fraction of sp³-hybridized carbons (Fsp3) is 0.417. The van der Waals surface area contributed by atoms with Gasteiger partial charge in [-0.1, -0.05) is 31.9 Å². The maximum absolute atomic E-state index is 11.7. The van der Waals surface area contributed by atoms with Gasteiger partial charge in [0.1, 0.15) is 0 Å². The number of anilines is 1. The predicted octanol–water partition coefficient (Wildman–Crippen LogP) is 3.29. The molecule has 1 amide bonds. The van der Waals surface area contributed by atoms with Crippen molar-refractivity contribution in [3.05, 3.63) is 24.3 Å². The van der Waals surface area contributed by atoms with E-state index in [0.717, 1.165) is 24.9 Å². The SMILES string of the molecule is CCCC[C@@H]1Sc2ccccc2NC1=O. The van der Waals surface area contributed by atoms with Crippen LogP contribution < -0.4 is 5.32 Å². The summed E-state index contributed by atoms with van der Waals surface area (Å²) in [6, 6.07) is 7.99. The summed E-state index contributed by atoms with van der Waals surface area (Å²) in [6.45, 7) is 2.15. The van der Waals surface area contributed by atoms with Crippen molar-refractivity contribution in [1.82, 2.24) is 0 Å². The molecule has 80 valence electrons. The lowest BCUT2D eigenvalue weighted by atomic mass is 10.2. The van der Waals surface area contributed by atoms with E-state index in [0.29, 0.717) is 0 Å². The molecule has 0 saturated heterocycles. The zero-order valence-corrected chi connectivity index (χ0v) is 9.64. The third-order valence-electron chi connectivity index (χ3n) is 2.53. The summed E-state index contributed by atoms with van der Waals surface area (Å²) >= 11 is 1.69. The van der Waals surface area contributed by atoms with Crippen LogP contribution in [0.3, 0.4) is 0 Å². The Morgan fingerprint density at radius 2 is 2.20 bits per heavy atom. The maximum atomic E-state index is 11.7. The largest absolute Gasteiger partial charge is 0.324 e. The van der Waals surface area contributed by atoms with Gasteiger partial charge in [-0.2, -0.15) is 0 Å². The Labute approximate surface area is 94.4 Å². The molecule has 15 heavy (non-hydrogen) atoms. The van der Waals surface area contributed by atoms with E-state index < -0.39 is 0 Å². The minimum atomic E-state index is 0.0971. The maximum Gasteiger partial charge on any atom is 0.237 e. The van der Waals surface area contributed by atoms with Gasteiger partial charge in [-0.05, 0) is 18.6 Å². The molecule has 0 aromatic heterocycles. The number of carbonyl (C=O) groups excluding carboxylic acids is 1. The second-order valence-electron chi connectivity index (χ2n) is 3.73. The van der Waals surface area contributed by atoms with Crippen LogP contribution in [0.5, 0.6) is 0 Å². The number of fused-ring (bicyclic) bond motifs is 1. The highest BCUT2D eigenvalue weighted by atomic mass is 32.2. The molecule has 0 fully saturated rings. The molecule has 1 aromatic rings. The predicted molar refractivity (Wildman–Crippen MR) is 64.2 cm³/mol. The summed E-state index contributed by atoms with van der Waals surface area (Å²) < 4.78 is 0. The van der Waals surface area contributed by atoms with Gasteiger partial charge in [0.15, 0.2) is 0 Å². The molecule has 2 rings (SSSR count). The topological polar surface area (TPSA) is 29.1 Å². The standard InChI is InChI=1S/C12H15NOS/c1-2-3-7-11-12(14)13-9-6-4-5-8-10(9)15-11/h4-6,8,11H,2-3,7H2,1H3,(H,13,14)/t11-/m0/s1. The lowest BCUT2D eigenvalue weighted by Crippen LogP contribution is -2.28. The zero-order chi connectivity index (χ0) is 10.7. The second kappa shape index (κ2) is 4.71. The molecule has 1 aliphatic heterocycles. The summed E-state index contributed by atoms with van der Waals surface area (Å²) in [7, 11) is 0. The minimum absolute atomic E-state index is 0.0971. The van der Waals surface area contributed by atoms with E-state index in [2.05, 4.69) is 18.3 Å². The Morgan fingerprint density at radius 1 is 1.40 bits per heavy atom. The smallest absolute Gasteiger partial charge is 0.237 e. The first-order chi connectivity index (χ1) is 7.31. The molecule has 0 spiro atoms. The fourth-order valence-corrected chi connectivity index (χ4v) is 2.83. The number of para-hydroxylation sites is 1. The van der Waals surface area contributed by atoms with Gasteiger partial charge in [0.2, 0.25) is 5.91 Å². The normalized spacial score (nSPS) is 19.5. The summed E-state index contributed by atoms with van der Waals surface area (Å²) in [5.41, 5.74) is 0.959. The van der Waals surface area contributed by atoms with E-state index in [4.69, 9.17) is 0 Å². The molecule has 0 saturated carbocycles. The molecular weight excluding hydrogens is 206 g/mol. The quantitative estimate of drug-likeness (QED) is 0.848. The highest BCUT2D eigenvalue weighted by molar-refractivity contribution is 8.01. The highest BCUT2D eigenvalue weighted by Gasteiger charge is 2.25. The molecule has 0 bridgehead atoms. The van der Waals surface area contributed by atoms with Crippen LogP contribution in [0.25, 0.3) is 0 Å². The first-order valence-electron chi connectivity index (χ1n) is 5.38. The second-order valence-corrected chi connectivity index (χ2v) is 4.98. The van der Waals surface area contributed by atoms with Crippen molar-refractivity contribution in [3.63, 3.8) is 0 Å². The third-order valence-corrected chi connectivity index (χ3v) is 3.87. The van der Waals surface area contributed by atoms with Gasteiger partial charge in [0.05, 0.1) is 10.9 Å². The molecule has 1 N–H and O–H groups in total. The average molecular weight is 221 g/mol. The third kappa shape index (κ3) is 2.34. The fourth-order valence-electron chi connectivity index (χ4n) is 1.67. The molecule has 1 heterocycles. The summed E-state index contributed by atoms with van der Waals surface area (Å²) in [5, 5.41) is 3.06. The lowest BCUT2D eigenvalue weighted by Gasteiger charge is -2.23. The van der Waals surface area contributed by atoms with Crippen molar-refractivity contribution in [2.24, 2.45) is 0 Å². The number of amides is 1. The van der Waals surface area contributed by atoms with Crippen LogP contribution in [0.15, 0.2) is 29.2 Å². The first kappa shape index (κ1) is 10.6. The van der Waals surface area contributed by atoms with Crippen molar-refractivity contribution >= 4 is 23.4 Å². The average Bonchev–Trinajstić information content (AvgIpc) is 2.26. The molecular formula is C12H15NOS. The Hall–Kier alpha value is -0.960. The van der Waals surface area contributed by atoms with E-state index in [9.17, 15) is 4.79 Å². The molecule has 1 atom stereocenters. The molecule has 0 unspecified atom stereocenters. The van der Waals surface area contributed by atoms with Crippen molar-refractivity contribution in [2.75, 3.05) is 5.32 Å². The molecule has 1 aromatic carbocycles. The highest BCUT2D eigenvalue weighted by Crippen LogP contribution is 2.37. The molecule has 2 nitrogen and oxygen atoms in total. The first-order valence-corrected chi connectivity index (χ1v) is 6.25. The van der Waals surface area contributed by atoms with Crippen LogP contribution in [-0.4, -0.2) is 11.2 Å². The zero-order valence-electron chi connectivity index (χ0n) is 8.82. The van der Waals surface area contributed by atoms with Crippen LogP contribution in [0, 0.1) is 0 Å². The number of carbonyl (C=O) groups is 1. The van der Waals surface area contributed by atoms with Gasteiger partial charge in [0.25, 0.3) is 0 Å². The van der Waals surface area contributed by atoms with Gasteiger partial charge in [0, 0.05) is 4.90 Å². The van der Waals surface area contributed by atoms with Crippen LogP contribution in [0.2, 0.25) is 0 Å². The van der Waals surface area contributed by atoms with Crippen molar-refractivity contribution in [1.29, 1.82) is 0 Å².